The second-order valence-electron chi connectivity index (χ2n) is 7.95. The molecule has 0 saturated carbocycles. The van der Waals surface area contributed by atoms with Crippen LogP contribution in [0.4, 0.5) is 0 Å². The van der Waals surface area contributed by atoms with E-state index in [-0.39, 0.29) is 17.1 Å². The van der Waals surface area contributed by atoms with Crippen LogP contribution in [0.5, 0.6) is 5.88 Å². The number of hydrogen-bond donors (Lipinski definition) is 1. The molecule has 0 amide bonds. The summed E-state index contributed by atoms with van der Waals surface area (Å²) in [4.78, 5) is 4.55. The minimum atomic E-state index is -0.0222. The van der Waals surface area contributed by atoms with Crippen LogP contribution in [0.1, 0.15) is 54.2 Å². The first kappa shape index (κ1) is 16.8. The molecule has 0 aliphatic carbocycles. The zero-order chi connectivity index (χ0) is 16.5. The minimum absolute atomic E-state index is 0.0222. The maximum Gasteiger partial charge on any atom is 0.214 e. The summed E-state index contributed by atoms with van der Waals surface area (Å²) in [6, 6.07) is 5.79. The van der Waals surface area contributed by atoms with E-state index in [4.69, 9.17) is 9.15 Å². The summed E-state index contributed by atoms with van der Waals surface area (Å²) < 4.78 is 11.8. The molecular weight excluding hydrogens is 276 g/mol. The second-order valence-corrected chi connectivity index (χ2v) is 7.95. The minimum Gasteiger partial charge on any atom is -0.473 e. The molecule has 2 aromatic heterocycles. The standard InChI is InChI=1S/C18H28N2O2/c1-12(11-19-18(5,6)7)21-16-9-8-14-13(20-16)10-15(22-14)17(2,3)4/h8-10,12,19H,11H2,1-7H3/t12-/m1/s1. The van der Waals surface area contributed by atoms with Crippen molar-refractivity contribution < 1.29 is 9.15 Å². The molecule has 1 N–H and O–H groups in total. The Kier molecular flexibility index (Phi) is 4.52. The molecule has 2 heterocycles. The molecule has 4 heteroatoms. The molecule has 122 valence electrons. The van der Waals surface area contributed by atoms with Gasteiger partial charge in [0.2, 0.25) is 5.88 Å². The zero-order valence-corrected chi connectivity index (χ0v) is 14.8. The Morgan fingerprint density at radius 2 is 1.86 bits per heavy atom. The first-order chi connectivity index (χ1) is 10.0. The smallest absolute Gasteiger partial charge is 0.214 e. The summed E-state index contributed by atoms with van der Waals surface area (Å²) in [5.41, 5.74) is 1.71. The predicted molar refractivity (Wildman–Crippen MR) is 90.6 cm³/mol. The van der Waals surface area contributed by atoms with Gasteiger partial charge in [0.15, 0.2) is 5.58 Å². The van der Waals surface area contributed by atoms with E-state index in [1.54, 1.807) is 0 Å². The molecule has 0 fully saturated rings. The molecule has 2 aromatic rings. The molecule has 0 aromatic carbocycles. The van der Waals surface area contributed by atoms with Gasteiger partial charge in [-0.25, -0.2) is 4.98 Å². The maximum atomic E-state index is 5.90. The van der Waals surface area contributed by atoms with Crippen molar-refractivity contribution in [3.05, 3.63) is 24.0 Å². The van der Waals surface area contributed by atoms with Gasteiger partial charge < -0.3 is 14.5 Å². The van der Waals surface area contributed by atoms with Gasteiger partial charge in [-0.3, -0.25) is 0 Å². The molecule has 1 atom stereocenters. The van der Waals surface area contributed by atoms with Crippen molar-refractivity contribution >= 4 is 11.1 Å². The summed E-state index contributed by atoms with van der Waals surface area (Å²) in [5.74, 6) is 1.58. The highest BCUT2D eigenvalue weighted by atomic mass is 16.5. The molecule has 0 saturated heterocycles. The Labute approximate surface area is 133 Å². The zero-order valence-electron chi connectivity index (χ0n) is 14.8. The summed E-state index contributed by atoms with van der Waals surface area (Å²) >= 11 is 0. The van der Waals surface area contributed by atoms with Crippen LogP contribution in [0.15, 0.2) is 22.6 Å². The average Bonchev–Trinajstić information content (AvgIpc) is 2.78. The van der Waals surface area contributed by atoms with E-state index in [0.717, 1.165) is 23.4 Å². The Morgan fingerprint density at radius 1 is 1.18 bits per heavy atom. The van der Waals surface area contributed by atoms with Crippen molar-refractivity contribution in [1.29, 1.82) is 0 Å². The lowest BCUT2D eigenvalue weighted by Crippen LogP contribution is -2.41. The highest BCUT2D eigenvalue weighted by Gasteiger charge is 2.20. The third-order valence-corrected chi connectivity index (χ3v) is 3.33. The molecule has 0 radical (unpaired) electrons. The number of nitrogens with one attached hydrogen (secondary N) is 1. The lowest BCUT2D eigenvalue weighted by Gasteiger charge is -2.23. The first-order valence-corrected chi connectivity index (χ1v) is 7.87. The molecule has 0 spiro atoms. The van der Waals surface area contributed by atoms with Crippen molar-refractivity contribution in [2.75, 3.05) is 6.54 Å². The van der Waals surface area contributed by atoms with E-state index in [1.165, 1.54) is 0 Å². The molecule has 0 aliphatic rings. The van der Waals surface area contributed by atoms with Gasteiger partial charge in [-0.2, -0.15) is 0 Å². The fourth-order valence-corrected chi connectivity index (χ4v) is 2.04. The lowest BCUT2D eigenvalue weighted by molar-refractivity contribution is 0.196. The van der Waals surface area contributed by atoms with E-state index in [1.807, 2.05) is 25.1 Å². The predicted octanol–water partition coefficient (Wildman–Crippen LogP) is 4.28. The number of fused-ring (bicyclic) bond motifs is 1. The van der Waals surface area contributed by atoms with Crippen LogP contribution in [0.3, 0.4) is 0 Å². The Morgan fingerprint density at radius 3 is 2.45 bits per heavy atom. The molecule has 2 rings (SSSR count). The number of furan rings is 1. The third-order valence-electron chi connectivity index (χ3n) is 3.33. The van der Waals surface area contributed by atoms with E-state index >= 15 is 0 Å². The number of ether oxygens (including phenoxy) is 1. The number of rotatable bonds is 4. The normalized spacial score (nSPS) is 14.3. The summed E-state index contributed by atoms with van der Waals surface area (Å²) in [6.07, 6.45) is 0.0539. The van der Waals surface area contributed by atoms with Gasteiger partial charge in [-0.15, -0.1) is 0 Å². The van der Waals surface area contributed by atoms with Gasteiger partial charge in [-0.1, -0.05) is 20.8 Å². The fraction of sp³-hybridized carbons (Fsp3) is 0.611. The van der Waals surface area contributed by atoms with Gasteiger partial charge in [0, 0.05) is 29.6 Å². The van der Waals surface area contributed by atoms with Gasteiger partial charge in [0.05, 0.1) is 0 Å². The monoisotopic (exact) mass is 304 g/mol. The van der Waals surface area contributed by atoms with Crippen LogP contribution in [0, 0.1) is 0 Å². The van der Waals surface area contributed by atoms with E-state index in [0.29, 0.717) is 5.88 Å². The van der Waals surface area contributed by atoms with E-state index < -0.39 is 0 Å². The van der Waals surface area contributed by atoms with Crippen LogP contribution in [0.25, 0.3) is 11.1 Å². The number of nitrogens with zero attached hydrogens (tertiary/aromatic N) is 1. The number of hydrogen-bond acceptors (Lipinski definition) is 4. The Bertz CT molecular complexity index is 633. The highest BCUT2D eigenvalue weighted by Crippen LogP contribution is 2.29. The topological polar surface area (TPSA) is 47.3 Å². The van der Waals surface area contributed by atoms with Crippen molar-refractivity contribution in [2.45, 2.75) is 65.5 Å². The average molecular weight is 304 g/mol. The molecule has 0 aliphatic heterocycles. The van der Waals surface area contributed by atoms with Crippen LogP contribution < -0.4 is 10.1 Å². The summed E-state index contributed by atoms with van der Waals surface area (Å²) in [5, 5.41) is 3.43. The number of aromatic nitrogens is 1. The SMILES string of the molecule is C[C@H](CNC(C)(C)C)Oc1ccc2oc(C(C)(C)C)cc2n1. The van der Waals surface area contributed by atoms with Crippen LogP contribution >= 0.6 is 0 Å². The highest BCUT2D eigenvalue weighted by molar-refractivity contribution is 5.74. The molecule has 4 nitrogen and oxygen atoms in total. The van der Waals surface area contributed by atoms with Gasteiger partial charge >= 0.3 is 0 Å². The van der Waals surface area contributed by atoms with Gasteiger partial charge in [0.1, 0.15) is 17.4 Å². The van der Waals surface area contributed by atoms with Crippen molar-refractivity contribution in [3.8, 4) is 5.88 Å². The Balaban J connectivity index is 2.09. The van der Waals surface area contributed by atoms with E-state index in [9.17, 15) is 0 Å². The summed E-state index contributed by atoms with van der Waals surface area (Å²) in [6.45, 7) is 15.6. The van der Waals surface area contributed by atoms with Crippen molar-refractivity contribution in [1.82, 2.24) is 10.3 Å². The Hall–Kier alpha value is -1.55. The summed E-state index contributed by atoms with van der Waals surface area (Å²) in [7, 11) is 0. The van der Waals surface area contributed by atoms with Crippen LogP contribution in [-0.4, -0.2) is 23.2 Å². The molecule has 0 unspecified atom stereocenters. The third kappa shape index (κ3) is 4.47. The maximum absolute atomic E-state index is 5.90. The lowest BCUT2D eigenvalue weighted by atomic mass is 9.93. The largest absolute Gasteiger partial charge is 0.473 e. The number of pyridine rings is 1. The van der Waals surface area contributed by atoms with Crippen LogP contribution in [-0.2, 0) is 5.41 Å². The fourth-order valence-electron chi connectivity index (χ4n) is 2.04. The van der Waals surface area contributed by atoms with Crippen molar-refractivity contribution in [2.24, 2.45) is 0 Å². The van der Waals surface area contributed by atoms with Crippen molar-refractivity contribution in [3.63, 3.8) is 0 Å². The van der Waals surface area contributed by atoms with Crippen LogP contribution in [0.2, 0.25) is 0 Å². The second kappa shape index (κ2) is 5.92. The van der Waals surface area contributed by atoms with E-state index in [2.05, 4.69) is 51.8 Å². The van der Waals surface area contributed by atoms with Gasteiger partial charge in [0.25, 0.3) is 0 Å². The molecular formula is C18H28N2O2. The first-order valence-electron chi connectivity index (χ1n) is 7.87. The molecule has 22 heavy (non-hydrogen) atoms. The van der Waals surface area contributed by atoms with Gasteiger partial charge in [-0.05, 0) is 33.8 Å². The quantitative estimate of drug-likeness (QED) is 0.916. The molecule has 0 bridgehead atoms.